The van der Waals surface area contributed by atoms with Gasteiger partial charge in [-0.2, -0.15) is 0 Å². The second-order valence-corrected chi connectivity index (χ2v) is 6.67. The third kappa shape index (κ3) is 3.79. The Morgan fingerprint density at radius 3 is 2.64 bits per heavy atom. The van der Waals surface area contributed by atoms with Crippen molar-refractivity contribution in [3.8, 4) is 5.75 Å². The Labute approximate surface area is 168 Å². The van der Waals surface area contributed by atoms with E-state index >= 15 is 0 Å². The number of rotatable bonds is 4. The predicted molar refractivity (Wildman–Crippen MR) is 105 cm³/mol. The van der Waals surface area contributed by atoms with Crippen molar-refractivity contribution in [2.45, 2.75) is 0 Å². The number of furan rings is 1. The van der Waals surface area contributed by atoms with Crippen molar-refractivity contribution in [2.24, 2.45) is 4.99 Å². The van der Waals surface area contributed by atoms with Gasteiger partial charge in [0.05, 0.1) is 6.26 Å². The number of ether oxygens (including phenoxy) is 2. The highest BCUT2D eigenvalue weighted by molar-refractivity contribution is 9.10. The number of halogens is 1. The van der Waals surface area contributed by atoms with E-state index in [1.165, 1.54) is 18.4 Å². The molecular weight excluding hydrogens is 426 g/mol. The molecule has 0 N–H and O–H groups in total. The molecule has 1 aliphatic heterocycles. The first-order chi connectivity index (χ1) is 13.6. The predicted octanol–water partition coefficient (Wildman–Crippen LogP) is 4.61. The van der Waals surface area contributed by atoms with Crippen LogP contribution in [0.25, 0.3) is 6.08 Å². The molecule has 138 valence electrons. The molecule has 0 aliphatic carbocycles. The number of nitrogens with zero attached hydrogens (tertiary/aromatic N) is 1. The van der Waals surface area contributed by atoms with Crippen LogP contribution in [0.2, 0.25) is 0 Å². The molecule has 0 unspecified atom stereocenters. The second-order valence-electron chi connectivity index (χ2n) is 5.75. The Morgan fingerprint density at radius 1 is 1.07 bits per heavy atom. The molecule has 28 heavy (non-hydrogen) atoms. The van der Waals surface area contributed by atoms with Gasteiger partial charge in [0, 0.05) is 15.6 Å². The van der Waals surface area contributed by atoms with E-state index in [1.807, 2.05) is 18.2 Å². The average molecular weight is 438 g/mol. The zero-order valence-corrected chi connectivity index (χ0v) is 15.9. The maximum atomic E-state index is 12.2. The first-order valence-electron chi connectivity index (χ1n) is 8.23. The fraction of sp³-hybridized carbons (Fsp3) is 0. The number of carbonyl (C=O) groups excluding carboxylic acids is 2. The van der Waals surface area contributed by atoms with Crippen molar-refractivity contribution in [3.63, 3.8) is 0 Å². The number of esters is 2. The van der Waals surface area contributed by atoms with Gasteiger partial charge in [-0.1, -0.05) is 34.1 Å². The van der Waals surface area contributed by atoms with Gasteiger partial charge in [-0.05, 0) is 48.5 Å². The van der Waals surface area contributed by atoms with Gasteiger partial charge < -0.3 is 13.9 Å². The minimum atomic E-state index is -0.644. The minimum absolute atomic E-state index is 0.0752. The molecule has 7 heteroatoms. The third-order valence-corrected chi connectivity index (χ3v) is 4.32. The summed E-state index contributed by atoms with van der Waals surface area (Å²) < 4.78 is 16.4. The van der Waals surface area contributed by atoms with Crippen LogP contribution in [-0.4, -0.2) is 17.8 Å². The smallest absolute Gasteiger partial charge is 0.379 e. The summed E-state index contributed by atoms with van der Waals surface area (Å²) in [5.74, 6) is -0.669. The van der Waals surface area contributed by atoms with Crippen molar-refractivity contribution >= 4 is 39.8 Å². The zero-order chi connectivity index (χ0) is 19.5. The summed E-state index contributed by atoms with van der Waals surface area (Å²) in [6.07, 6.45) is 2.89. The highest BCUT2D eigenvalue weighted by Gasteiger charge is 2.25. The van der Waals surface area contributed by atoms with Crippen LogP contribution >= 0.6 is 15.9 Å². The summed E-state index contributed by atoms with van der Waals surface area (Å²) in [5.41, 5.74) is 1.28. The van der Waals surface area contributed by atoms with Crippen LogP contribution in [0, 0.1) is 0 Å². The normalized spacial score (nSPS) is 14.7. The number of carbonyl (C=O) groups is 2. The summed E-state index contributed by atoms with van der Waals surface area (Å²) in [6.45, 7) is 0. The molecule has 0 radical (unpaired) electrons. The molecule has 2 aromatic carbocycles. The number of hydrogen-bond donors (Lipinski definition) is 0. The van der Waals surface area contributed by atoms with E-state index in [1.54, 1.807) is 36.4 Å². The molecule has 2 heterocycles. The molecule has 0 amide bonds. The summed E-state index contributed by atoms with van der Waals surface area (Å²) in [4.78, 5) is 28.7. The van der Waals surface area contributed by atoms with E-state index < -0.39 is 11.9 Å². The number of cyclic esters (lactones) is 1. The summed E-state index contributed by atoms with van der Waals surface area (Å²) in [5, 5.41) is 0. The molecule has 0 bridgehead atoms. The second kappa shape index (κ2) is 7.66. The Bertz CT molecular complexity index is 1100. The van der Waals surface area contributed by atoms with Crippen LogP contribution < -0.4 is 4.74 Å². The highest BCUT2D eigenvalue weighted by Crippen LogP contribution is 2.28. The van der Waals surface area contributed by atoms with Gasteiger partial charge in [-0.25, -0.2) is 14.6 Å². The maximum absolute atomic E-state index is 12.2. The van der Waals surface area contributed by atoms with Crippen molar-refractivity contribution in [3.05, 3.63) is 94.0 Å². The van der Waals surface area contributed by atoms with Crippen molar-refractivity contribution in [2.75, 3.05) is 0 Å². The van der Waals surface area contributed by atoms with Crippen LogP contribution in [-0.2, 0) is 9.53 Å². The zero-order valence-electron chi connectivity index (χ0n) is 14.3. The lowest BCUT2D eigenvalue weighted by Gasteiger charge is -2.07. The Hall–Kier alpha value is -3.45. The monoisotopic (exact) mass is 437 g/mol. The van der Waals surface area contributed by atoms with Gasteiger partial charge in [0.1, 0.15) is 5.75 Å². The van der Waals surface area contributed by atoms with Crippen LogP contribution in [0.5, 0.6) is 5.75 Å². The van der Waals surface area contributed by atoms with Crippen LogP contribution in [0.3, 0.4) is 0 Å². The van der Waals surface area contributed by atoms with Crippen molar-refractivity contribution in [1.29, 1.82) is 0 Å². The third-order valence-electron chi connectivity index (χ3n) is 3.83. The van der Waals surface area contributed by atoms with E-state index in [4.69, 9.17) is 13.9 Å². The lowest BCUT2D eigenvalue weighted by atomic mass is 10.1. The average Bonchev–Trinajstić information content (AvgIpc) is 3.35. The quantitative estimate of drug-likeness (QED) is 0.338. The number of benzene rings is 2. The lowest BCUT2D eigenvalue weighted by molar-refractivity contribution is -0.129. The topological polar surface area (TPSA) is 78.1 Å². The van der Waals surface area contributed by atoms with E-state index in [-0.39, 0.29) is 23.1 Å². The number of aliphatic imine (C=N–C) groups is 1. The molecule has 6 nitrogen and oxygen atoms in total. The fourth-order valence-corrected chi connectivity index (χ4v) is 2.91. The summed E-state index contributed by atoms with van der Waals surface area (Å²) in [7, 11) is 0. The standard InChI is InChI=1S/C21H12BrNO5/c22-15-8-9-17(27-21(25)18-7-4-10-26-18)14(11-15)12-16-20(24)28-19(23-16)13-5-2-1-3-6-13/h1-12H. The molecule has 3 aromatic rings. The molecular formula is C21H12BrNO5. The van der Waals surface area contributed by atoms with E-state index in [9.17, 15) is 9.59 Å². The molecule has 0 spiro atoms. The van der Waals surface area contributed by atoms with Gasteiger partial charge in [-0.15, -0.1) is 0 Å². The summed E-state index contributed by atoms with van der Waals surface area (Å²) >= 11 is 3.37. The first kappa shape index (κ1) is 17.9. The molecule has 1 aromatic heterocycles. The van der Waals surface area contributed by atoms with E-state index in [0.717, 1.165) is 4.47 Å². The molecule has 0 saturated heterocycles. The Morgan fingerprint density at radius 2 is 1.89 bits per heavy atom. The minimum Gasteiger partial charge on any atom is -0.457 e. The van der Waals surface area contributed by atoms with Crippen LogP contribution in [0.1, 0.15) is 21.7 Å². The van der Waals surface area contributed by atoms with Crippen molar-refractivity contribution < 1.29 is 23.5 Å². The largest absolute Gasteiger partial charge is 0.457 e. The van der Waals surface area contributed by atoms with Crippen LogP contribution in [0.4, 0.5) is 0 Å². The molecule has 0 fully saturated rings. The van der Waals surface area contributed by atoms with Gasteiger partial charge in [0.2, 0.25) is 11.7 Å². The maximum Gasteiger partial charge on any atom is 0.379 e. The molecule has 0 atom stereocenters. The van der Waals surface area contributed by atoms with Crippen LogP contribution in [0.15, 0.2) is 86.5 Å². The van der Waals surface area contributed by atoms with Gasteiger partial charge in [0.15, 0.2) is 5.70 Å². The summed E-state index contributed by atoms with van der Waals surface area (Å²) in [6, 6.07) is 17.2. The lowest BCUT2D eigenvalue weighted by Crippen LogP contribution is -2.08. The van der Waals surface area contributed by atoms with E-state index in [2.05, 4.69) is 20.9 Å². The van der Waals surface area contributed by atoms with E-state index in [0.29, 0.717) is 11.1 Å². The molecule has 4 rings (SSSR count). The Balaban J connectivity index is 1.67. The SMILES string of the molecule is O=C1OC(c2ccccc2)=NC1=Cc1cc(Br)ccc1OC(=O)c1ccco1. The van der Waals surface area contributed by atoms with Gasteiger partial charge in [-0.3, -0.25) is 0 Å². The fourth-order valence-electron chi connectivity index (χ4n) is 2.53. The van der Waals surface area contributed by atoms with Gasteiger partial charge in [0.25, 0.3) is 0 Å². The molecule has 1 aliphatic rings. The molecule has 0 saturated carbocycles. The Kier molecular flexibility index (Phi) is 4.90. The van der Waals surface area contributed by atoms with Gasteiger partial charge >= 0.3 is 11.9 Å². The first-order valence-corrected chi connectivity index (χ1v) is 9.03. The van der Waals surface area contributed by atoms with Crippen molar-refractivity contribution in [1.82, 2.24) is 0 Å². The highest BCUT2D eigenvalue weighted by atomic mass is 79.9. The number of hydrogen-bond acceptors (Lipinski definition) is 6.